The van der Waals surface area contributed by atoms with Crippen molar-refractivity contribution in [1.29, 1.82) is 0 Å². The fraction of sp³-hybridized carbons (Fsp3) is 0.391. The lowest BCUT2D eigenvalue weighted by Gasteiger charge is -2.36. The number of anilines is 1. The highest BCUT2D eigenvalue weighted by atomic mass is 19.1. The number of fused-ring (bicyclic) bond motifs is 1. The number of carbonyl (C=O) groups excluding carboxylic acids is 2. The molecular weight excluding hydrogens is 401 g/mol. The Kier molecular flexibility index (Phi) is 5.23. The van der Waals surface area contributed by atoms with Gasteiger partial charge in [0.1, 0.15) is 5.82 Å². The van der Waals surface area contributed by atoms with Gasteiger partial charge in [0, 0.05) is 45.7 Å². The molecule has 5 rings (SSSR count). The summed E-state index contributed by atoms with van der Waals surface area (Å²) in [7, 11) is 0. The molecule has 1 atom stereocenters. The first-order valence-corrected chi connectivity index (χ1v) is 10.5. The third-order valence-corrected chi connectivity index (χ3v) is 6.14. The van der Waals surface area contributed by atoms with E-state index < -0.39 is 11.7 Å². The molecule has 2 aromatic rings. The van der Waals surface area contributed by atoms with Crippen LogP contribution < -0.4 is 14.4 Å². The first kappa shape index (κ1) is 19.8. The molecule has 1 unspecified atom stereocenters. The second-order valence-corrected chi connectivity index (χ2v) is 8.15. The van der Waals surface area contributed by atoms with Crippen LogP contribution in [0.3, 0.4) is 0 Å². The Morgan fingerprint density at radius 1 is 1.03 bits per heavy atom. The van der Waals surface area contributed by atoms with Gasteiger partial charge in [-0.1, -0.05) is 18.2 Å². The SMILES string of the molecule is O=C(C1CC(=O)N(c2ccccc2F)C1)N1CCN(Cc2ccc3c(c2)OCO3)CC1. The van der Waals surface area contributed by atoms with E-state index in [1.807, 2.05) is 23.1 Å². The van der Waals surface area contributed by atoms with Crippen molar-refractivity contribution < 1.29 is 23.5 Å². The average Bonchev–Trinajstić information content (AvgIpc) is 3.40. The zero-order valence-electron chi connectivity index (χ0n) is 17.1. The highest BCUT2D eigenvalue weighted by Crippen LogP contribution is 2.33. The van der Waals surface area contributed by atoms with Crippen LogP contribution in [0, 0.1) is 11.7 Å². The number of hydrogen-bond acceptors (Lipinski definition) is 5. The lowest BCUT2D eigenvalue weighted by Crippen LogP contribution is -2.50. The molecule has 3 aliphatic rings. The summed E-state index contributed by atoms with van der Waals surface area (Å²) in [5.41, 5.74) is 1.39. The zero-order chi connectivity index (χ0) is 21.4. The number of amides is 2. The van der Waals surface area contributed by atoms with Crippen molar-refractivity contribution in [3.63, 3.8) is 0 Å². The fourth-order valence-corrected chi connectivity index (χ4v) is 4.46. The second kappa shape index (κ2) is 8.19. The third-order valence-electron chi connectivity index (χ3n) is 6.14. The van der Waals surface area contributed by atoms with Crippen LogP contribution in [0.15, 0.2) is 42.5 Å². The quantitative estimate of drug-likeness (QED) is 0.752. The number of carbonyl (C=O) groups is 2. The van der Waals surface area contributed by atoms with Crippen LogP contribution in [0.4, 0.5) is 10.1 Å². The molecule has 3 heterocycles. The molecule has 0 bridgehead atoms. The summed E-state index contributed by atoms with van der Waals surface area (Å²) in [5, 5.41) is 0. The molecule has 0 radical (unpaired) electrons. The van der Waals surface area contributed by atoms with Gasteiger partial charge in [-0.3, -0.25) is 14.5 Å². The summed E-state index contributed by atoms with van der Waals surface area (Å²) in [6, 6.07) is 12.2. The molecular formula is C23H24FN3O4. The van der Waals surface area contributed by atoms with Crippen LogP contribution in [0.5, 0.6) is 11.5 Å². The van der Waals surface area contributed by atoms with Gasteiger partial charge in [0.2, 0.25) is 18.6 Å². The van der Waals surface area contributed by atoms with E-state index in [-0.39, 0.29) is 37.3 Å². The molecule has 3 aliphatic heterocycles. The van der Waals surface area contributed by atoms with E-state index in [2.05, 4.69) is 4.90 Å². The predicted octanol–water partition coefficient (Wildman–Crippen LogP) is 2.25. The van der Waals surface area contributed by atoms with E-state index in [1.54, 1.807) is 18.2 Å². The number of rotatable bonds is 4. The first-order valence-electron chi connectivity index (χ1n) is 10.5. The zero-order valence-corrected chi connectivity index (χ0v) is 17.1. The largest absolute Gasteiger partial charge is 0.454 e. The molecule has 0 aromatic heterocycles. The van der Waals surface area contributed by atoms with E-state index in [4.69, 9.17) is 9.47 Å². The molecule has 0 saturated carbocycles. The summed E-state index contributed by atoms with van der Waals surface area (Å²) in [4.78, 5) is 31.0. The van der Waals surface area contributed by atoms with Crippen molar-refractivity contribution in [3.05, 3.63) is 53.8 Å². The van der Waals surface area contributed by atoms with E-state index in [0.29, 0.717) is 13.1 Å². The molecule has 2 amide bonds. The van der Waals surface area contributed by atoms with Crippen molar-refractivity contribution in [3.8, 4) is 11.5 Å². The molecule has 8 heteroatoms. The van der Waals surface area contributed by atoms with E-state index in [0.717, 1.165) is 36.7 Å². The number of hydrogen-bond donors (Lipinski definition) is 0. The number of benzene rings is 2. The Morgan fingerprint density at radius 2 is 1.81 bits per heavy atom. The number of halogens is 1. The van der Waals surface area contributed by atoms with Gasteiger partial charge in [-0.2, -0.15) is 0 Å². The summed E-state index contributed by atoms with van der Waals surface area (Å²) < 4.78 is 24.9. The molecule has 162 valence electrons. The Morgan fingerprint density at radius 3 is 2.61 bits per heavy atom. The monoisotopic (exact) mass is 425 g/mol. The second-order valence-electron chi connectivity index (χ2n) is 8.15. The molecule has 2 saturated heterocycles. The van der Waals surface area contributed by atoms with Crippen molar-refractivity contribution in [1.82, 2.24) is 9.80 Å². The molecule has 0 spiro atoms. The Hall–Kier alpha value is -3.13. The lowest BCUT2D eigenvalue weighted by molar-refractivity contribution is -0.137. The van der Waals surface area contributed by atoms with Gasteiger partial charge >= 0.3 is 0 Å². The predicted molar refractivity (Wildman–Crippen MR) is 111 cm³/mol. The first-order chi connectivity index (χ1) is 15.1. The number of nitrogens with zero attached hydrogens (tertiary/aromatic N) is 3. The van der Waals surface area contributed by atoms with Crippen LogP contribution >= 0.6 is 0 Å². The molecule has 2 fully saturated rings. The standard InChI is InChI=1S/C23H24FN3O4/c24-18-3-1-2-4-19(18)27-14-17(12-22(27)28)23(29)26-9-7-25(8-10-26)13-16-5-6-20-21(11-16)31-15-30-20/h1-6,11,17H,7-10,12-15H2. The molecule has 2 aromatic carbocycles. The highest BCUT2D eigenvalue weighted by Gasteiger charge is 2.38. The van der Waals surface area contributed by atoms with Crippen LogP contribution in [-0.2, 0) is 16.1 Å². The van der Waals surface area contributed by atoms with Crippen molar-refractivity contribution >= 4 is 17.5 Å². The molecule has 0 aliphatic carbocycles. The molecule has 0 N–H and O–H groups in total. The van der Waals surface area contributed by atoms with Crippen LogP contribution in [0.2, 0.25) is 0 Å². The Bertz CT molecular complexity index is 1010. The molecule has 31 heavy (non-hydrogen) atoms. The van der Waals surface area contributed by atoms with Crippen molar-refractivity contribution in [2.24, 2.45) is 5.92 Å². The summed E-state index contributed by atoms with van der Waals surface area (Å²) >= 11 is 0. The van der Waals surface area contributed by atoms with Gasteiger partial charge < -0.3 is 19.3 Å². The number of piperazine rings is 1. The number of ether oxygens (including phenoxy) is 2. The summed E-state index contributed by atoms with van der Waals surface area (Å²) in [6.45, 7) is 4.03. The highest BCUT2D eigenvalue weighted by molar-refractivity contribution is 6.00. The summed E-state index contributed by atoms with van der Waals surface area (Å²) in [5.74, 6) is 0.458. The minimum atomic E-state index is -0.443. The molecule has 7 nitrogen and oxygen atoms in total. The minimum Gasteiger partial charge on any atom is -0.454 e. The topological polar surface area (TPSA) is 62.3 Å². The van der Waals surface area contributed by atoms with Crippen LogP contribution in [-0.4, -0.2) is 61.1 Å². The van der Waals surface area contributed by atoms with Crippen molar-refractivity contribution in [2.75, 3.05) is 44.4 Å². The van der Waals surface area contributed by atoms with Gasteiger partial charge in [0.25, 0.3) is 0 Å². The normalized spacial score (nSPS) is 21.1. The van der Waals surface area contributed by atoms with Gasteiger partial charge in [-0.25, -0.2) is 4.39 Å². The maximum absolute atomic E-state index is 14.1. The maximum Gasteiger partial charge on any atom is 0.231 e. The number of para-hydroxylation sites is 1. The van der Waals surface area contributed by atoms with Crippen LogP contribution in [0.1, 0.15) is 12.0 Å². The lowest BCUT2D eigenvalue weighted by atomic mass is 10.1. The Labute approximate surface area is 179 Å². The average molecular weight is 425 g/mol. The van der Waals surface area contributed by atoms with Gasteiger partial charge in [0.05, 0.1) is 11.6 Å². The minimum absolute atomic E-state index is 0.0186. The Balaban J connectivity index is 1.16. The van der Waals surface area contributed by atoms with Gasteiger partial charge in [-0.05, 0) is 29.8 Å². The summed E-state index contributed by atoms with van der Waals surface area (Å²) in [6.07, 6.45) is 0.130. The fourth-order valence-electron chi connectivity index (χ4n) is 4.46. The van der Waals surface area contributed by atoms with E-state index in [1.165, 1.54) is 11.0 Å². The van der Waals surface area contributed by atoms with E-state index >= 15 is 0 Å². The van der Waals surface area contributed by atoms with Gasteiger partial charge in [-0.15, -0.1) is 0 Å². The maximum atomic E-state index is 14.1. The van der Waals surface area contributed by atoms with Gasteiger partial charge in [0.15, 0.2) is 11.5 Å². The van der Waals surface area contributed by atoms with Crippen molar-refractivity contribution in [2.45, 2.75) is 13.0 Å². The van der Waals surface area contributed by atoms with E-state index in [9.17, 15) is 14.0 Å². The van der Waals surface area contributed by atoms with Crippen LogP contribution in [0.25, 0.3) is 0 Å². The smallest absolute Gasteiger partial charge is 0.231 e. The third kappa shape index (κ3) is 3.95.